The molecule has 1 aromatic rings. The maximum absolute atomic E-state index is 11.7. The Labute approximate surface area is 107 Å². The van der Waals surface area contributed by atoms with Gasteiger partial charge in [-0.25, -0.2) is 4.79 Å². The first-order chi connectivity index (χ1) is 7.47. The third-order valence-electron chi connectivity index (χ3n) is 1.92. The molecule has 0 aliphatic heterocycles. The Kier molecular flexibility index (Phi) is 4.50. The second-order valence-corrected chi connectivity index (χ2v) is 4.43. The van der Waals surface area contributed by atoms with Crippen LogP contribution in [0.25, 0.3) is 0 Å². The lowest BCUT2D eigenvalue weighted by molar-refractivity contribution is -0.137. The Morgan fingerprint density at radius 1 is 1.44 bits per heavy atom. The number of ketones is 1. The highest BCUT2D eigenvalue weighted by Crippen LogP contribution is 2.26. The van der Waals surface area contributed by atoms with Crippen molar-refractivity contribution in [2.75, 3.05) is 6.61 Å². The van der Waals surface area contributed by atoms with E-state index < -0.39 is 11.8 Å². The number of hydrogen-bond acceptors (Lipinski definition) is 3. The molecule has 0 bridgehead atoms. The summed E-state index contributed by atoms with van der Waals surface area (Å²) in [6.45, 7) is 3.56. The van der Waals surface area contributed by atoms with E-state index in [2.05, 4.69) is 20.7 Å². The fourth-order valence-electron chi connectivity index (χ4n) is 1.20. The van der Waals surface area contributed by atoms with Crippen LogP contribution < -0.4 is 0 Å². The molecule has 1 aromatic carbocycles. The van der Waals surface area contributed by atoms with Gasteiger partial charge in [0, 0.05) is 10.0 Å². The molecule has 0 aromatic heterocycles. The minimum absolute atomic E-state index is 0.159. The van der Waals surface area contributed by atoms with E-state index in [4.69, 9.17) is 11.6 Å². The Morgan fingerprint density at radius 3 is 2.62 bits per heavy atom. The molecule has 0 saturated carbocycles. The van der Waals surface area contributed by atoms with Gasteiger partial charge in [-0.3, -0.25) is 4.79 Å². The van der Waals surface area contributed by atoms with Gasteiger partial charge in [0.15, 0.2) is 0 Å². The fraction of sp³-hybridized carbons (Fsp3) is 0.273. The van der Waals surface area contributed by atoms with Crippen LogP contribution in [0, 0.1) is 6.92 Å². The molecular formula is C11H10BrClO3. The van der Waals surface area contributed by atoms with Gasteiger partial charge in [-0.1, -0.05) is 27.5 Å². The van der Waals surface area contributed by atoms with E-state index in [1.807, 2.05) is 0 Å². The highest BCUT2D eigenvalue weighted by Gasteiger charge is 2.21. The number of halogens is 2. The van der Waals surface area contributed by atoms with Gasteiger partial charge in [0.1, 0.15) is 0 Å². The zero-order valence-corrected chi connectivity index (χ0v) is 11.2. The number of Topliss-reactive ketones (excluding diaryl/α,β-unsaturated/α-hetero) is 1. The highest BCUT2D eigenvalue weighted by atomic mass is 79.9. The van der Waals surface area contributed by atoms with Gasteiger partial charge in [-0.2, -0.15) is 0 Å². The molecule has 3 nitrogen and oxygen atoms in total. The van der Waals surface area contributed by atoms with Crippen LogP contribution in [0.2, 0.25) is 5.02 Å². The molecule has 0 N–H and O–H groups in total. The summed E-state index contributed by atoms with van der Waals surface area (Å²) in [5.41, 5.74) is 0.885. The van der Waals surface area contributed by atoms with E-state index in [9.17, 15) is 9.59 Å². The average molecular weight is 306 g/mol. The summed E-state index contributed by atoms with van der Waals surface area (Å²) < 4.78 is 5.33. The molecule has 5 heteroatoms. The standard InChI is InChI=1S/C11H10BrClO3/c1-3-16-11(15)10(14)8-5-7(12)4-6(2)9(8)13/h4-5H,3H2,1-2H3. The summed E-state index contributed by atoms with van der Waals surface area (Å²) in [6, 6.07) is 3.28. The van der Waals surface area contributed by atoms with E-state index in [0.29, 0.717) is 4.47 Å². The number of esters is 1. The Morgan fingerprint density at radius 2 is 2.06 bits per heavy atom. The quantitative estimate of drug-likeness (QED) is 0.489. The fourth-order valence-corrected chi connectivity index (χ4v) is 1.96. The number of rotatable bonds is 3. The lowest BCUT2D eigenvalue weighted by atomic mass is 10.1. The van der Waals surface area contributed by atoms with Gasteiger partial charge in [-0.05, 0) is 31.5 Å². The molecule has 1 rings (SSSR count). The molecule has 0 aliphatic rings. The van der Waals surface area contributed by atoms with Crippen molar-refractivity contribution >= 4 is 39.3 Å². The molecule has 0 saturated heterocycles. The zero-order chi connectivity index (χ0) is 12.3. The smallest absolute Gasteiger partial charge is 0.379 e. The number of benzene rings is 1. The molecule has 0 heterocycles. The van der Waals surface area contributed by atoms with Crippen LogP contribution in [0.5, 0.6) is 0 Å². The van der Waals surface area contributed by atoms with Crippen LogP contribution >= 0.6 is 27.5 Å². The Hall–Kier alpha value is -0.870. The minimum Gasteiger partial charge on any atom is -0.460 e. The highest BCUT2D eigenvalue weighted by molar-refractivity contribution is 9.10. The van der Waals surface area contributed by atoms with Gasteiger partial charge in [-0.15, -0.1) is 0 Å². The molecule has 86 valence electrons. The second kappa shape index (κ2) is 5.46. The van der Waals surface area contributed by atoms with Gasteiger partial charge in [0.05, 0.1) is 11.6 Å². The molecule has 0 amide bonds. The Bertz CT molecular complexity index is 443. The Balaban J connectivity index is 3.13. The zero-order valence-electron chi connectivity index (χ0n) is 8.84. The largest absolute Gasteiger partial charge is 0.460 e. The molecular weight excluding hydrogens is 295 g/mol. The van der Waals surface area contributed by atoms with E-state index >= 15 is 0 Å². The van der Waals surface area contributed by atoms with E-state index in [-0.39, 0.29) is 17.2 Å². The number of aryl methyl sites for hydroxylation is 1. The van der Waals surface area contributed by atoms with Crippen molar-refractivity contribution in [2.45, 2.75) is 13.8 Å². The van der Waals surface area contributed by atoms with Crippen LogP contribution in [-0.2, 0) is 9.53 Å². The summed E-state index contributed by atoms with van der Waals surface area (Å²) in [4.78, 5) is 23.0. The van der Waals surface area contributed by atoms with E-state index in [1.54, 1.807) is 19.9 Å². The van der Waals surface area contributed by atoms with Crippen LogP contribution in [0.4, 0.5) is 0 Å². The normalized spacial score (nSPS) is 10.0. The molecule has 0 spiro atoms. The van der Waals surface area contributed by atoms with Crippen molar-refractivity contribution in [3.05, 3.63) is 32.8 Å². The summed E-state index contributed by atoms with van der Waals surface area (Å²) in [6.07, 6.45) is 0. The van der Waals surface area contributed by atoms with Gasteiger partial charge >= 0.3 is 5.97 Å². The molecule has 0 aliphatic carbocycles. The lowest BCUT2D eigenvalue weighted by Crippen LogP contribution is -2.18. The maximum Gasteiger partial charge on any atom is 0.379 e. The predicted octanol–water partition coefficient (Wildman–Crippen LogP) is 3.16. The monoisotopic (exact) mass is 304 g/mol. The minimum atomic E-state index is -0.887. The first-order valence-electron chi connectivity index (χ1n) is 4.64. The van der Waals surface area contributed by atoms with Gasteiger partial charge in [0.25, 0.3) is 5.78 Å². The summed E-state index contributed by atoms with van der Waals surface area (Å²) in [5.74, 6) is -1.61. The van der Waals surface area contributed by atoms with Crippen molar-refractivity contribution in [1.29, 1.82) is 0 Å². The lowest BCUT2D eigenvalue weighted by Gasteiger charge is -2.06. The number of ether oxygens (including phenoxy) is 1. The van der Waals surface area contributed by atoms with Crippen LogP contribution in [0.3, 0.4) is 0 Å². The average Bonchev–Trinajstić information content (AvgIpc) is 2.22. The molecule has 0 radical (unpaired) electrons. The third kappa shape index (κ3) is 2.83. The van der Waals surface area contributed by atoms with Gasteiger partial charge in [0.2, 0.25) is 0 Å². The van der Waals surface area contributed by atoms with E-state index in [0.717, 1.165) is 5.56 Å². The molecule has 0 fully saturated rings. The SMILES string of the molecule is CCOC(=O)C(=O)c1cc(Br)cc(C)c1Cl. The summed E-state index contributed by atoms with van der Waals surface area (Å²) in [5, 5.41) is 0.279. The van der Waals surface area contributed by atoms with Crippen molar-refractivity contribution < 1.29 is 14.3 Å². The van der Waals surface area contributed by atoms with Crippen LogP contribution in [0.15, 0.2) is 16.6 Å². The number of carbonyl (C=O) groups excluding carboxylic acids is 2. The molecule has 0 unspecified atom stereocenters. The van der Waals surface area contributed by atoms with Gasteiger partial charge < -0.3 is 4.74 Å². The summed E-state index contributed by atoms with van der Waals surface area (Å²) >= 11 is 9.20. The van der Waals surface area contributed by atoms with E-state index in [1.165, 1.54) is 6.07 Å². The first kappa shape index (κ1) is 13.2. The topological polar surface area (TPSA) is 43.4 Å². The summed E-state index contributed by atoms with van der Waals surface area (Å²) in [7, 11) is 0. The van der Waals surface area contributed by atoms with Crippen LogP contribution in [-0.4, -0.2) is 18.4 Å². The van der Waals surface area contributed by atoms with Crippen LogP contribution in [0.1, 0.15) is 22.8 Å². The van der Waals surface area contributed by atoms with Crippen molar-refractivity contribution in [3.63, 3.8) is 0 Å². The van der Waals surface area contributed by atoms with Crippen molar-refractivity contribution in [3.8, 4) is 0 Å². The van der Waals surface area contributed by atoms with Crippen molar-refractivity contribution in [2.24, 2.45) is 0 Å². The second-order valence-electron chi connectivity index (χ2n) is 3.13. The third-order valence-corrected chi connectivity index (χ3v) is 2.88. The number of carbonyl (C=O) groups is 2. The number of hydrogen-bond donors (Lipinski definition) is 0. The molecule has 16 heavy (non-hydrogen) atoms. The predicted molar refractivity (Wildman–Crippen MR) is 64.9 cm³/mol. The first-order valence-corrected chi connectivity index (χ1v) is 5.81. The van der Waals surface area contributed by atoms with Crippen molar-refractivity contribution in [1.82, 2.24) is 0 Å². The maximum atomic E-state index is 11.7. The molecule has 0 atom stereocenters.